The maximum atomic E-state index is 3.70. The Hall–Kier alpha value is -0.240. The molecule has 1 aliphatic carbocycles. The summed E-state index contributed by atoms with van der Waals surface area (Å²) in [5.74, 6) is 0. The zero-order valence-corrected chi connectivity index (χ0v) is 8.92. The molecule has 0 saturated heterocycles. The number of alkyl halides is 1. The monoisotopic (exact) mass is 227 g/mol. The molecule has 0 bridgehead atoms. The molecule has 2 heteroatoms. The molecule has 0 radical (unpaired) electrons. The van der Waals surface area contributed by atoms with E-state index < -0.39 is 0 Å². The van der Waals surface area contributed by atoms with Crippen LogP contribution in [0.15, 0.2) is 23.9 Å². The van der Waals surface area contributed by atoms with Gasteiger partial charge in [0.25, 0.3) is 0 Å². The SMILES string of the molecule is CC1=CC=CN(C2CCC2)C1Br. The lowest BCUT2D eigenvalue weighted by atomic mass is 9.91. The predicted octanol–water partition coefficient (Wildman–Crippen LogP) is 3.04. The molecule has 0 aromatic rings. The molecule has 1 nitrogen and oxygen atoms in total. The lowest BCUT2D eigenvalue weighted by Crippen LogP contribution is -2.41. The quantitative estimate of drug-likeness (QED) is 0.492. The van der Waals surface area contributed by atoms with E-state index in [9.17, 15) is 0 Å². The topological polar surface area (TPSA) is 3.24 Å². The minimum absolute atomic E-state index is 0.438. The van der Waals surface area contributed by atoms with Crippen molar-refractivity contribution < 1.29 is 0 Å². The standard InChI is InChI=1S/C10H14BrN/c1-8-4-3-7-12(10(8)11)9-5-2-6-9/h3-4,7,9-10H,2,5-6H2,1H3. The molecule has 0 aromatic carbocycles. The van der Waals surface area contributed by atoms with Crippen LogP contribution in [0.1, 0.15) is 26.2 Å². The van der Waals surface area contributed by atoms with E-state index in [4.69, 9.17) is 0 Å². The molecule has 66 valence electrons. The van der Waals surface area contributed by atoms with Crippen molar-refractivity contribution in [2.45, 2.75) is 37.2 Å². The molecule has 1 fully saturated rings. The van der Waals surface area contributed by atoms with Crippen molar-refractivity contribution in [1.29, 1.82) is 0 Å². The van der Waals surface area contributed by atoms with Crippen LogP contribution in [0.25, 0.3) is 0 Å². The van der Waals surface area contributed by atoms with Gasteiger partial charge in [-0.3, -0.25) is 0 Å². The van der Waals surface area contributed by atoms with Gasteiger partial charge in [-0.05, 0) is 37.8 Å². The molecule has 0 spiro atoms. The van der Waals surface area contributed by atoms with Crippen molar-refractivity contribution in [2.24, 2.45) is 0 Å². The Morgan fingerprint density at radius 3 is 2.83 bits per heavy atom. The highest BCUT2D eigenvalue weighted by Crippen LogP contribution is 2.32. The van der Waals surface area contributed by atoms with Crippen molar-refractivity contribution in [3.63, 3.8) is 0 Å². The van der Waals surface area contributed by atoms with Crippen LogP contribution in [0.2, 0.25) is 0 Å². The minimum Gasteiger partial charge on any atom is -0.358 e. The number of allylic oxidation sites excluding steroid dienone is 2. The van der Waals surface area contributed by atoms with Crippen LogP contribution in [0, 0.1) is 0 Å². The zero-order valence-electron chi connectivity index (χ0n) is 7.33. The summed E-state index contributed by atoms with van der Waals surface area (Å²) in [6.07, 6.45) is 10.6. The van der Waals surface area contributed by atoms with E-state index in [0.29, 0.717) is 4.95 Å². The van der Waals surface area contributed by atoms with E-state index in [0.717, 1.165) is 6.04 Å². The van der Waals surface area contributed by atoms with Gasteiger partial charge in [-0.2, -0.15) is 0 Å². The summed E-state index contributed by atoms with van der Waals surface area (Å²) in [6.45, 7) is 2.18. The maximum Gasteiger partial charge on any atom is 0.106 e. The Labute approximate surface area is 82.3 Å². The van der Waals surface area contributed by atoms with Crippen LogP contribution in [0.5, 0.6) is 0 Å². The summed E-state index contributed by atoms with van der Waals surface area (Å²) in [7, 11) is 0. The molecule has 0 amide bonds. The fourth-order valence-electron chi connectivity index (χ4n) is 1.68. The smallest absolute Gasteiger partial charge is 0.106 e. The van der Waals surface area contributed by atoms with Crippen LogP contribution in [-0.4, -0.2) is 15.9 Å². The highest BCUT2D eigenvalue weighted by molar-refractivity contribution is 9.09. The third kappa shape index (κ3) is 1.33. The first-order valence-corrected chi connectivity index (χ1v) is 5.47. The van der Waals surface area contributed by atoms with Crippen molar-refractivity contribution >= 4 is 15.9 Å². The van der Waals surface area contributed by atoms with Gasteiger partial charge in [-0.25, -0.2) is 0 Å². The first-order valence-electron chi connectivity index (χ1n) is 4.55. The third-order valence-electron chi connectivity index (χ3n) is 2.75. The Kier molecular flexibility index (Phi) is 2.26. The molecule has 1 atom stereocenters. The number of halogens is 1. The van der Waals surface area contributed by atoms with E-state index in [2.05, 4.69) is 46.1 Å². The van der Waals surface area contributed by atoms with Crippen LogP contribution in [-0.2, 0) is 0 Å². The Morgan fingerprint density at radius 2 is 2.25 bits per heavy atom. The summed E-state index contributed by atoms with van der Waals surface area (Å²) in [6, 6.07) is 0.786. The summed E-state index contributed by atoms with van der Waals surface area (Å²) >= 11 is 3.70. The van der Waals surface area contributed by atoms with Crippen LogP contribution in [0.3, 0.4) is 0 Å². The Morgan fingerprint density at radius 1 is 1.50 bits per heavy atom. The fourth-order valence-corrected chi connectivity index (χ4v) is 2.30. The summed E-state index contributed by atoms with van der Waals surface area (Å²) in [5, 5.41) is 0. The normalized spacial score (nSPS) is 30.0. The van der Waals surface area contributed by atoms with Gasteiger partial charge in [0.2, 0.25) is 0 Å². The highest BCUT2D eigenvalue weighted by Gasteiger charge is 2.28. The zero-order chi connectivity index (χ0) is 8.55. The molecule has 1 heterocycles. The van der Waals surface area contributed by atoms with E-state index in [1.165, 1.54) is 24.8 Å². The summed E-state index contributed by atoms with van der Waals surface area (Å²) in [4.78, 5) is 2.87. The Balaban J connectivity index is 2.07. The average Bonchev–Trinajstić information content (AvgIpc) is 1.95. The van der Waals surface area contributed by atoms with Gasteiger partial charge in [0, 0.05) is 12.2 Å². The second-order valence-electron chi connectivity index (χ2n) is 3.62. The van der Waals surface area contributed by atoms with Gasteiger partial charge in [0.15, 0.2) is 0 Å². The average molecular weight is 228 g/mol. The number of hydrogen-bond donors (Lipinski definition) is 0. The van der Waals surface area contributed by atoms with E-state index in [1.54, 1.807) is 0 Å². The van der Waals surface area contributed by atoms with Gasteiger partial charge < -0.3 is 4.90 Å². The van der Waals surface area contributed by atoms with Gasteiger partial charge in [0.05, 0.1) is 0 Å². The van der Waals surface area contributed by atoms with Gasteiger partial charge in [0.1, 0.15) is 4.95 Å². The summed E-state index contributed by atoms with van der Waals surface area (Å²) < 4.78 is 0. The molecule has 2 aliphatic rings. The number of rotatable bonds is 1. The predicted molar refractivity (Wildman–Crippen MR) is 55.1 cm³/mol. The molecular formula is C10H14BrN. The Bertz CT molecular complexity index is 228. The van der Waals surface area contributed by atoms with Crippen molar-refractivity contribution in [1.82, 2.24) is 4.90 Å². The maximum absolute atomic E-state index is 3.70. The van der Waals surface area contributed by atoms with Crippen LogP contribution < -0.4 is 0 Å². The molecular weight excluding hydrogens is 214 g/mol. The number of hydrogen-bond acceptors (Lipinski definition) is 1. The highest BCUT2D eigenvalue weighted by atomic mass is 79.9. The minimum atomic E-state index is 0.438. The lowest BCUT2D eigenvalue weighted by Gasteiger charge is -2.41. The molecule has 1 aliphatic heterocycles. The first-order chi connectivity index (χ1) is 5.79. The molecule has 2 rings (SSSR count). The second-order valence-corrected chi connectivity index (χ2v) is 4.49. The van der Waals surface area contributed by atoms with E-state index in [-0.39, 0.29) is 0 Å². The molecule has 12 heavy (non-hydrogen) atoms. The van der Waals surface area contributed by atoms with Gasteiger partial charge >= 0.3 is 0 Å². The molecule has 1 saturated carbocycles. The van der Waals surface area contributed by atoms with Gasteiger partial charge in [-0.1, -0.05) is 22.0 Å². The molecule has 1 unspecified atom stereocenters. The second kappa shape index (κ2) is 3.25. The largest absolute Gasteiger partial charge is 0.358 e. The van der Waals surface area contributed by atoms with Crippen molar-refractivity contribution in [2.75, 3.05) is 0 Å². The van der Waals surface area contributed by atoms with E-state index >= 15 is 0 Å². The molecule has 0 N–H and O–H groups in total. The van der Waals surface area contributed by atoms with Gasteiger partial charge in [-0.15, -0.1) is 0 Å². The first kappa shape index (κ1) is 8.36. The number of nitrogens with zero attached hydrogens (tertiary/aromatic N) is 1. The molecule has 0 aromatic heterocycles. The van der Waals surface area contributed by atoms with Crippen molar-refractivity contribution in [3.8, 4) is 0 Å². The van der Waals surface area contributed by atoms with Crippen LogP contribution in [0.4, 0.5) is 0 Å². The fraction of sp³-hybridized carbons (Fsp3) is 0.600. The summed E-state index contributed by atoms with van der Waals surface area (Å²) in [5.41, 5.74) is 1.41. The third-order valence-corrected chi connectivity index (χ3v) is 3.95. The lowest BCUT2D eigenvalue weighted by molar-refractivity contribution is 0.184. The van der Waals surface area contributed by atoms with Crippen molar-refractivity contribution in [3.05, 3.63) is 23.9 Å². The van der Waals surface area contributed by atoms with E-state index in [1.807, 2.05) is 0 Å². The van der Waals surface area contributed by atoms with Crippen LogP contribution >= 0.6 is 15.9 Å².